The molecule has 0 fully saturated rings. The first-order valence-electron chi connectivity index (χ1n) is 9.11. The fraction of sp³-hybridized carbons (Fsp3) is 0.632. The van der Waals surface area contributed by atoms with Crippen molar-refractivity contribution in [3.05, 3.63) is 24.3 Å². The second kappa shape index (κ2) is 14.9. The van der Waals surface area contributed by atoms with Gasteiger partial charge in [0.05, 0.1) is 13.7 Å². The number of rotatable bonds is 11. The number of nitrogens with zero attached hydrogens (tertiary/aromatic N) is 2. The highest BCUT2D eigenvalue weighted by molar-refractivity contribution is 14.0. The smallest absolute Gasteiger partial charge is 0.191 e. The van der Waals surface area contributed by atoms with Crippen LogP contribution in [0.15, 0.2) is 29.3 Å². The first-order valence-corrected chi connectivity index (χ1v) is 9.11. The van der Waals surface area contributed by atoms with Gasteiger partial charge in [-0.3, -0.25) is 4.99 Å². The van der Waals surface area contributed by atoms with E-state index in [9.17, 15) is 0 Å². The molecule has 1 atom stereocenters. The molecule has 0 radical (unpaired) electrons. The van der Waals surface area contributed by atoms with Crippen molar-refractivity contribution in [2.24, 2.45) is 4.99 Å². The Kier molecular flexibility index (Phi) is 14.2. The zero-order chi connectivity index (χ0) is 18.5. The zero-order valence-electron chi connectivity index (χ0n) is 16.7. The van der Waals surface area contributed by atoms with Crippen LogP contribution in [0.3, 0.4) is 0 Å². The first-order chi connectivity index (χ1) is 12.1. The van der Waals surface area contributed by atoms with Crippen LogP contribution in [-0.2, 0) is 0 Å². The van der Waals surface area contributed by atoms with E-state index in [0.717, 1.165) is 50.1 Å². The molecule has 0 aromatic heterocycles. The largest absolute Gasteiger partial charge is 0.493 e. The third-order valence-electron chi connectivity index (χ3n) is 4.02. The fourth-order valence-corrected chi connectivity index (χ4v) is 2.48. The highest BCUT2D eigenvalue weighted by Crippen LogP contribution is 2.26. The Morgan fingerprint density at radius 1 is 1.15 bits per heavy atom. The van der Waals surface area contributed by atoms with E-state index in [-0.39, 0.29) is 30.1 Å². The third kappa shape index (κ3) is 9.47. The van der Waals surface area contributed by atoms with Crippen LogP contribution >= 0.6 is 24.0 Å². The molecule has 1 aromatic carbocycles. The lowest BCUT2D eigenvalue weighted by Gasteiger charge is -2.20. The minimum atomic E-state index is -0.00877. The van der Waals surface area contributed by atoms with Gasteiger partial charge in [0.25, 0.3) is 0 Å². The van der Waals surface area contributed by atoms with Crippen molar-refractivity contribution in [3.63, 3.8) is 0 Å². The van der Waals surface area contributed by atoms with Crippen LogP contribution in [0.2, 0.25) is 0 Å². The van der Waals surface area contributed by atoms with Gasteiger partial charge in [-0.15, -0.1) is 24.0 Å². The maximum atomic E-state index is 5.94. The number of ether oxygens (including phenoxy) is 2. The van der Waals surface area contributed by atoms with Crippen molar-refractivity contribution in [2.45, 2.75) is 33.3 Å². The minimum Gasteiger partial charge on any atom is -0.493 e. The van der Waals surface area contributed by atoms with Crippen LogP contribution in [0.5, 0.6) is 11.5 Å². The average Bonchev–Trinajstić information content (AvgIpc) is 2.64. The van der Waals surface area contributed by atoms with E-state index in [2.05, 4.69) is 34.4 Å². The summed E-state index contributed by atoms with van der Waals surface area (Å²) in [5, 5.41) is 6.65. The highest BCUT2D eigenvalue weighted by Gasteiger charge is 2.09. The topological polar surface area (TPSA) is 58.1 Å². The Morgan fingerprint density at radius 3 is 2.38 bits per heavy atom. The number of nitrogens with one attached hydrogen (secondary N) is 2. The van der Waals surface area contributed by atoms with Gasteiger partial charge < -0.3 is 25.0 Å². The predicted octanol–water partition coefficient (Wildman–Crippen LogP) is 2.98. The number of benzene rings is 1. The number of hydrogen-bond acceptors (Lipinski definition) is 4. The van der Waals surface area contributed by atoms with E-state index >= 15 is 0 Å². The number of halogens is 1. The summed E-state index contributed by atoms with van der Waals surface area (Å²) in [4.78, 5) is 6.68. The molecule has 0 bridgehead atoms. The van der Waals surface area contributed by atoms with Crippen LogP contribution < -0.4 is 20.1 Å². The maximum absolute atomic E-state index is 5.94. The number of hydrogen-bond donors (Lipinski definition) is 2. The standard InChI is InChI=1S/C19H34N4O2.HI/c1-6-23(7-2)14-10-13-21-19(20-4)22-15-16(3)25-18-12-9-8-11-17(18)24-5;/h8-9,11-12,16H,6-7,10,13-15H2,1-5H3,(H2,20,21,22);1H. The molecular weight excluding hydrogens is 443 g/mol. The lowest BCUT2D eigenvalue weighted by Crippen LogP contribution is -2.42. The molecule has 1 rings (SSSR count). The summed E-state index contributed by atoms with van der Waals surface area (Å²) in [5.41, 5.74) is 0. The van der Waals surface area contributed by atoms with Gasteiger partial charge in [-0.25, -0.2) is 0 Å². The summed E-state index contributed by atoms with van der Waals surface area (Å²) in [6, 6.07) is 7.68. The summed E-state index contributed by atoms with van der Waals surface area (Å²) < 4.78 is 11.3. The molecule has 1 unspecified atom stereocenters. The van der Waals surface area contributed by atoms with E-state index in [1.807, 2.05) is 31.2 Å². The van der Waals surface area contributed by atoms with Gasteiger partial charge in [0.15, 0.2) is 17.5 Å². The Balaban J connectivity index is 0.00000625. The summed E-state index contributed by atoms with van der Waals surface area (Å²) in [6.45, 7) is 11.3. The lowest BCUT2D eigenvalue weighted by atomic mass is 10.3. The Morgan fingerprint density at radius 2 is 1.81 bits per heavy atom. The molecule has 0 aliphatic heterocycles. The molecule has 2 N–H and O–H groups in total. The van der Waals surface area contributed by atoms with E-state index in [1.54, 1.807) is 14.2 Å². The molecule has 0 amide bonds. The van der Waals surface area contributed by atoms with Crippen molar-refractivity contribution in [1.29, 1.82) is 0 Å². The van der Waals surface area contributed by atoms with Crippen molar-refractivity contribution in [1.82, 2.24) is 15.5 Å². The van der Waals surface area contributed by atoms with Crippen molar-refractivity contribution >= 4 is 29.9 Å². The molecule has 0 spiro atoms. The molecule has 0 aliphatic rings. The van der Waals surface area contributed by atoms with Gasteiger partial charge in [0.1, 0.15) is 6.10 Å². The van der Waals surface area contributed by atoms with Gasteiger partial charge in [-0.2, -0.15) is 0 Å². The van der Waals surface area contributed by atoms with Crippen LogP contribution in [0.25, 0.3) is 0 Å². The van der Waals surface area contributed by atoms with Crippen LogP contribution in [-0.4, -0.2) is 63.8 Å². The molecule has 150 valence electrons. The zero-order valence-corrected chi connectivity index (χ0v) is 19.1. The highest BCUT2D eigenvalue weighted by atomic mass is 127. The summed E-state index contributed by atoms with van der Waals surface area (Å²) >= 11 is 0. The average molecular weight is 478 g/mol. The minimum absolute atomic E-state index is 0. The second-order valence-electron chi connectivity index (χ2n) is 5.84. The molecule has 7 heteroatoms. The van der Waals surface area contributed by atoms with E-state index in [1.165, 1.54) is 0 Å². The summed E-state index contributed by atoms with van der Waals surface area (Å²) in [5.74, 6) is 2.30. The van der Waals surface area contributed by atoms with Crippen LogP contribution in [0.1, 0.15) is 27.2 Å². The second-order valence-corrected chi connectivity index (χ2v) is 5.84. The van der Waals surface area contributed by atoms with Gasteiger partial charge in [-0.05, 0) is 45.1 Å². The monoisotopic (exact) mass is 478 g/mol. The molecule has 0 heterocycles. The normalized spacial score (nSPS) is 12.3. The Labute approximate surface area is 175 Å². The first kappa shape index (κ1) is 24.8. The molecule has 6 nitrogen and oxygen atoms in total. The number of methoxy groups -OCH3 is 1. The van der Waals surface area contributed by atoms with Gasteiger partial charge in [0, 0.05) is 13.6 Å². The summed E-state index contributed by atoms with van der Waals surface area (Å²) in [7, 11) is 3.43. The fourth-order valence-electron chi connectivity index (χ4n) is 2.48. The molecule has 0 saturated heterocycles. The number of guanidine groups is 1. The Bertz CT molecular complexity index is 510. The quantitative estimate of drug-likeness (QED) is 0.222. The molecule has 0 aliphatic carbocycles. The van der Waals surface area contributed by atoms with Crippen molar-refractivity contribution in [3.8, 4) is 11.5 Å². The number of aliphatic imine (C=N–C) groups is 1. The van der Waals surface area contributed by atoms with Gasteiger partial charge >= 0.3 is 0 Å². The molecule has 0 saturated carbocycles. The number of para-hydroxylation sites is 2. The van der Waals surface area contributed by atoms with Gasteiger partial charge in [0.2, 0.25) is 0 Å². The third-order valence-corrected chi connectivity index (χ3v) is 4.02. The van der Waals surface area contributed by atoms with E-state index < -0.39 is 0 Å². The SMILES string of the molecule is CCN(CC)CCCNC(=NC)NCC(C)Oc1ccccc1OC.I. The molecule has 1 aromatic rings. The molecule has 26 heavy (non-hydrogen) atoms. The lowest BCUT2D eigenvalue weighted by molar-refractivity contribution is 0.213. The van der Waals surface area contributed by atoms with Gasteiger partial charge in [-0.1, -0.05) is 26.0 Å². The van der Waals surface area contributed by atoms with Crippen molar-refractivity contribution in [2.75, 3.05) is 46.9 Å². The van der Waals surface area contributed by atoms with E-state index in [4.69, 9.17) is 9.47 Å². The van der Waals surface area contributed by atoms with Crippen LogP contribution in [0, 0.1) is 0 Å². The summed E-state index contributed by atoms with van der Waals surface area (Å²) in [6.07, 6.45) is 1.08. The maximum Gasteiger partial charge on any atom is 0.191 e. The molecular formula is C19H35IN4O2. The Hall–Kier alpha value is -1.22. The van der Waals surface area contributed by atoms with Crippen molar-refractivity contribution < 1.29 is 9.47 Å². The van der Waals surface area contributed by atoms with Crippen LogP contribution in [0.4, 0.5) is 0 Å². The van der Waals surface area contributed by atoms with E-state index in [0.29, 0.717) is 6.54 Å². The predicted molar refractivity (Wildman–Crippen MR) is 120 cm³/mol.